The minimum absolute atomic E-state index is 0.194. The first-order valence-electron chi connectivity index (χ1n) is 8.39. The number of rotatable bonds is 3. The van der Waals surface area contributed by atoms with Crippen molar-refractivity contribution in [1.82, 2.24) is 9.80 Å². The molecule has 0 unspecified atom stereocenters. The third kappa shape index (κ3) is 3.19. The van der Waals surface area contributed by atoms with E-state index >= 15 is 0 Å². The number of thiophene rings is 1. The second-order valence-electron chi connectivity index (χ2n) is 6.73. The first kappa shape index (κ1) is 14.9. The summed E-state index contributed by atoms with van der Waals surface area (Å²) in [4.78, 5) is 17.5. The number of carbonyl (C=O) groups is 1. The summed E-state index contributed by atoms with van der Waals surface area (Å²) in [6, 6.07) is 12.4. The smallest absolute Gasteiger partial charge is 0.253 e. The van der Waals surface area contributed by atoms with E-state index in [4.69, 9.17) is 0 Å². The molecule has 1 aromatic heterocycles. The fraction of sp³-hybridized carbons (Fsp3) is 0.421. The van der Waals surface area contributed by atoms with Gasteiger partial charge in [0.25, 0.3) is 5.91 Å². The van der Waals surface area contributed by atoms with E-state index in [2.05, 4.69) is 26.6 Å². The monoisotopic (exact) mass is 326 g/mol. The molecule has 2 bridgehead atoms. The van der Waals surface area contributed by atoms with Crippen LogP contribution in [-0.4, -0.2) is 41.4 Å². The van der Waals surface area contributed by atoms with Crippen molar-refractivity contribution in [3.8, 4) is 0 Å². The molecule has 0 aliphatic carbocycles. The molecule has 5 rings (SSSR count). The first-order chi connectivity index (χ1) is 11.3. The molecule has 3 fully saturated rings. The zero-order chi connectivity index (χ0) is 15.6. The normalized spacial score (nSPS) is 24.6. The van der Waals surface area contributed by atoms with Crippen LogP contribution >= 0.6 is 11.3 Å². The van der Waals surface area contributed by atoms with Gasteiger partial charge in [0, 0.05) is 37.8 Å². The summed E-state index contributed by atoms with van der Waals surface area (Å²) >= 11 is 1.76. The summed E-state index contributed by atoms with van der Waals surface area (Å²) in [5.74, 6) is 0.805. The molecule has 2 aromatic rings. The maximum Gasteiger partial charge on any atom is 0.253 e. The topological polar surface area (TPSA) is 23.6 Å². The van der Waals surface area contributed by atoms with Gasteiger partial charge in [-0.2, -0.15) is 11.3 Å². The highest BCUT2D eigenvalue weighted by molar-refractivity contribution is 7.07. The largest absolute Gasteiger partial charge is 0.337 e. The van der Waals surface area contributed by atoms with Crippen LogP contribution < -0.4 is 0 Å². The van der Waals surface area contributed by atoms with Gasteiger partial charge in [-0.15, -0.1) is 0 Å². The van der Waals surface area contributed by atoms with Crippen molar-refractivity contribution in [3.63, 3.8) is 0 Å². The van der Waals surface area contributed by atoms with Gasteiger partial charge in [0.1, 0.15) is 0 Å². The second-order valence-corrected chi connectivity index (χ2v) is 7.51. The van der Waals surface area contributed by atoms with E-state index in [1.165, 1.54) is 18.4 Å². The maximum atomic E-state index is 12.8. The predicted octanol–water partition coefficient (Wildman–Crippen LogP) is 3.48. The molecule has 4 heterocycles. The van der Waals surface area contributed by atoms with E-state index < -0.39 is 0 Å². The van der Waals surface area contributed by atoms with Gasteiger partial charge in [0.05, 0.1) is 0 Å². The van der Waals surface area contributed by atoms with Crippen LogP contribution in [0.25, 0.3) is 0 Å². The fourth-order valence-electron chi connectivity index (χ4n) is 3.92. The van der Waals surface area contributed by atoms with E-state index in [9.17, 15) is 4.79 Å². The molecule has 1 aromatic carbocycles. The van der Waals surface area contributed by atoms with Crippen molar-refractivity contribution in [2.45, 2.75) is 25.4 Å². The Balaban J connectivity index is 1.50. The standard InChI is InChI=1S/C19H22N2OS/c22-19(17-4-2-1-3-5-17)21-11-15-6-7-18(13-21)20(10-15)12-16-8-9-23-14-16/h1-5,8-9,14-15,18H,6-7,10-13H2/t15-,18-/m0/s1. The molecule has 2 atom stereocenters. The van der Waals surface area contributed by atoms with Gasteiger partial charge in [-0.3, -0.25) is 9.69 Å². The Morgan fingerprint density at radius 2 is 1.96 bits per heavy atom. The number of hydrogen-bond donors (Lipinski definition) is 0. The molecule has 120 valence electrons. The van der Waals surface area contributed by atoms with Crippen LogP contribution in [0.3, 0.4) is 0 Å². The summed E-state index contributed by atoms with van der Waals surface area (Å²) in [5, 5.41) is 4.39. The number of piperidine rings is 1. The van der Waals surface area contributed by atoms with Crippen molar-refractivity contribution in [2.24, 2.45) is 5.92 Å². The Kier molecular flexibility index (Phi) is 4.19. The van der Waals surface area contributed by atoms with Crippen molar-refractivity contribution >= 4 is 17.2 Å². The average Bonchev–Trinajstić information content (AvgIpc) is 2.93. The lowest BCUT2D eigenvalue weighted by Crippen LogP contribution is -2.43. The van der Waals surface area contributed by atoms with E-state index in [1.54, 1.807) is 11.3 Å². The molecule has 0 spiro atoms. The average molecular weight is 326 g/mol. The van der Waals surface area contributed by atoms with Crippen molar-refractivity contribution in [2.75, 3.05) is 19.6 Å². The molecule has 0 radical (unpaired) electrons. The van der Waals surface area contributed by atoms with Crippen LogP contribution in [0.4, 0.5) is 0 Å². The van der Waals surface area contributed by atoms with Gasteiger partial charge in [-0.1, -0.05) is 18.2 Å². The van der Waals surface area contributed by atoms with E-state index in [-0.39, 0.29) is 5.91 Å². The highest BCUT2D eigenvalue weighted by atomic mass is 32.1. The highest BCUT2D eigenvalue weighted by Crippen LogP contribution is 2.30. The van der Waals surface area contributed by atoms with Crippen molar-refractivity contribution in [3.05, 3.63) is 58.3 Å². The Bertz CT molecular complexity index is 655. The lowest BCUT2D eigenvalue weighted by Gasteiger charge is -2.35. The quantitative estimate of drug-likeness (QED) is 0.862. The molecule has 0 saturated carbocycles. The SMILES string of the molecule is O=C(c1ccccc1)N1C[C@H]2CC[C@@H](C1)N(Cc1ccsc1)C2. The number of fused-ring (bicyclic) bond motifs is 4. The lowest BCUT2D eigenvalue weighted by atomic mass is 9.95. The Hall–Kier alpha value is -1.65. The molecule has 23 heavy (non-hydrogen) atoms. The molecule has 4 heteroatoms. The maximum absolute atomic E-state index is 12.8. The molecular weight excluding hydrogens is 304 g/mol. The van der Waals surface area contributed by atoms with Crippen LogP contribution in [0.5, 0.6) is 0 Å². The molecule has 0 N–H and O–H groups in total. The second kappa shape index (κ2) is 6.46. The number of carbonyl (C=O) groups excluding carboxylic acids is 1. The van der Waals surface area contributed by atoms with Crippen LogP contribution in [0.15, 0.2) is 47.2 Å². The highest BCUT2D eigenvalue weighted by Gasteiger charge is 2.36. The predicted molar refractivity (Wildman–Crippen MR) is 93.6 cm³/mol. The van der Waals surface area contributed by atoms with E-state index in [0.29, 0.717) is 12.0 Å². The summed E-state index contributed by atoms with van der Waals surface area (Å²) in [5.41, 5.74) is 2.22. The van der Waals surface area contributed by atoms with Gasteiger partial charge < -0.3 is 4.90 Å². The van der Waals surface area contributed by atoms with Gasteiger partial charge in [0.2, 0.25) is 0 Å². The van der Waals surface area contributed by atoms with Gasteiger partial charge in [-0.25, -0.2) is 0 Å². The number of amides is 1. The Morgan fingerprint density at radius 3 is 2.74 bits per heavy atom. The van der Waals surface area contributed by atoms with Crippen molar-refractivity contribution in [1.29, 1.82) is 0 Å². The van der Waals surface area contributed by atoms with Gasteiger partial charge in [-0.05, 0) is 53.3 Å². The Morgan fingerprint density at radius 1 is 1.09 bits per heavy atom. The number of benzene rings is 1. The first-order valence-corrected chi connectivity index (χ1v) is 9.33. The van der Waals surface area contributed by atoms with Crippen LogP contribution in [-0.2, 0) is 6.54 Å². The third-order valence-corrected chi connectivity index (χ3v) is 5.83. The van der Waals surface area contributed by atoms with Crippen LogP contribution in [0.1, 0.15) is 28.8 Å². The fourth-order valence-corrected chi connectivity index (χ4v) is 4.58. The molecule has 3 nitrogen and oxygen atoms in total. The van der Waals surface area contributed by atoms with Crippen molar-refractivity contribution < 1.29 is 4.79 Å². The molecule has 1 amide bonds. The van der Waals surface area contributed by atoms with Gasteiger partial charge >= 0.3 is 0 Å². The molecule has 3 aliphatic heterocycles. The lowest BCUT2D eigenvalue weighted by molar-refractivity contribution is 0.0736. The van der Waals surface area contributed by atoms with Crippen LogP contribution in [0.2, 0.25) is 0 Å². The molecule has 3 aliphatic rings. The summed E-state index contributed by atoms with van der Waals surface area (Å²) < 4.78 is 0. The Labute approximate surface area is 141 Å². The summed E-state index contributed by atoms with van der Waals surface area (Å²) in [7, 11) is 0. The number of nitrogens with zero attached hydrogens (tertiary/aromatic N) is 2. The molecular formula is C19H22N2OS. The minimum atomic E-state index is 0.194. The summed E-state index contributed by atoms with van der Waals surface area (Å²) in [6.07, 6.45) is 2.47. The van der Waals surface area contributed by atoms with Gasteiger partial charge in [0.15, 0.2) is 0 Å². The zero-order valence-corrected chi connectivity index (χ0v) is 14.0. The summed E-state index contributed by atoms with van der Waals surface area (Å²) in [6.45, 7) is 3.93. The number of hydrogen-bond acceptors (Lipinski definition) is 3. The molecule has 3 saturated heterocycles. The minimum Gasteiger partial charge on any atom is -0.337 e. The van der Waals surface area contributed by atoms with E-state index in [0.717, 1.165) is 31.7 Å². The van der Waals surface area contributed by atoms with E-state index in [1.807, 2.05) is 30.3 Å². The third-order valence-electron chi connectivity index (χ3n) is 5.10. The van der Waals surface area contributed by atoms with Crippen LogP contribution in [0, 0.1) is 5.92 Å². The zero-order valence-electron chi connectivity index (χ0n) is 13.2.